The maximum atomic E-state index is 8.66. The van der Waals surface area contributed by atoms with Crippen LogP contribution in [0.25, 0.3) is 0 Å². The third kappa shape index (κ3) is 2.70. The predicted molar refractivity (Wildman–Crippen MR) is 69.0 cm³/mol. The van der Waals surface area contributed by atoms with Crippen LogP contribution in [0.2, 0.25) is 0 Å². The number of amidine groups is 1. The Hall–Kier alpha value is -1.82. The summed E-state index contributed by atoms with van der Waals surface area (Å²) >= 11 is 0. The Morgan fingerprint density at radius 3 is 3.17 bits per heavy atom. The highest BCUT2D eigenvalue weighted by Gasteiger charge is 2.20. The second-order valence-electron chi connectivity index (χ2n) is 4.31. The molecule has 6 heteroatoms. The molecular formula is C12H18N4O2. The zero-order valence-electron chi connectivity index (χ0n) is 10.4. The summed E-state index contributed by atoms with van der Waals surface area (Å²) in [6.07, 6.45) is 2.40. The van der Waals surface area contributed by atoms with Crippen LogP contribution < -0.4 is 10.6 Å². The fraction of sp³-hybridized carbons (Fsp3) is 0.500. The number of rotatable bonds is 3. The fourth-order valence-corrected chi connectivity index (χ4v) is 2.13. The van der Waals surface area contributed by atoms with E-state index in [4.69, 9.17) is 15.7 Å². The Morgan fingerprint density at radius 2 is 2.44 bits per heavy atom. The summed E-state index contributed by atoms with van der Waals surface area (Å²) < 4.78 is 5.38. The van der Waals surface area contributed by atoms with Gasteiger partial charge in [-0.25, -0.2) is 4.98 Å². The molecule has 1 saturated heterocycles. The van der Waals surface area contributed by atoms with E-state index in [1.807, 2.05) is 12.1 Å². The molecule has 6 nitrogen and oxygen atoms in total. The maximum absolute atomic E-state index is 8.66. The predicted octanol–water partition coefficient (Wildman–Crippen LogP) is 0.791. The summed E-state index contributed by atoms with van der Waals surface area (Å²) in [7, 11) is 1.73. The normalized spacial score (nSPS) is 21.1. The molecule has 1 aliphatic heterocycles. The molecule has 2 heterocycles. The monoisotopic (exact) mass is 250 g/mol. The quantitative estimate of drug-likeness (QED) is 0.358. The van der Waals surface area contributed by atoms with Gasteiger partial charge in [0.05, 0.1) is 6.10 Å². The summed E-state index contributed by atoms with van der Waals surface area (Å²) in [6.45, 7) is 1.77. The van der Waals surface area contributed by atoms with Crippen molar-refractivity contribution in [2.75, 3.05) is 25.1 Å². The number of hydrogen-bond acceptors (Lipinski definition) is 5. The number of methoxy groups -OCH3 is 1. The number of hydrogen-bond donors (Lipinski definition) is 2. The summed E-state index contributed by atoms with van der Waals surface area (Å²) in [5, 5.41) is 11.6. The molecule has 1 fully saturated rings. The Morgan fingerprint density at radius 1 is 1.61 bits per heavy atom. The Balaban J connectivity index is 2.17. The lowest BCUT2D eigenvalue weighted by Crippen LogP contribution is -2.39. The van der Waals surface area contributed by atoms with Crippen LogP contribution >= 0.6 is 0 Å². The number of nitrogens with zero attached hydrogens (tertiary/aromatic N) is 3. The van der Waals surface area contributed by atoms with E-state index < -0.39 is 0 Å². The van der Waals surface area contributed by atoms with Gasteiger partial charge in [-0.15, -0.1) is 0 Å². The first-order valence-corrected chi connectivity index (χ1v) is 5.97. The van der Waals surface area contributed by atoms with Crippen molar-refractivity contribution in [3.63, 3.8) is 0 Å². The van der Waals surface area contributed by atoms with E-state index >= 15 is 0 Å². The van der Waals surface area contributed by atoms with Gasteiger partial charge in [-0.3, -0.25) is 0 Å². The number of aromatic nitrogens is 1. The lowest BCUT2D eigenvalue weighted by molar-refractivity contribution is 0.0891. The van der Waals surface area contributed by atoms with Crippen molar-refractivity contribution in [3.8, 4) is 0 Å². The minimum Gasteiger partial charge on any atom is -0.409 e. The minimum absolute atomic E-state index is 0.0251. The molecule has 0 aromatic carbocycles. The van der Waals surface area contributed by atoms with Crippen LogP contribution in [0.4, 0.5) is 5.82 Å². The van der Waals surface area contributed by atoms with Gasteiger partial charge in [0.25, 0.3) is 0 Å². The highest BCUT2D eigenvalue weighted by molar-refractivity contribution is 5.95. The zero-order chi connectivity index (χ0) is 13.0. The lowest BCUT2D eigenvalue weighted by atomic mass is 10.1. The second kappa shape index (κ2) is 5.68. The number of nitrogens with two attached hydrogens (primary N) is 1. The van der Waals surface area contributed by atoms with E-state index in [2.05, 4.69) is 15.0 Å². The minimum atomic E-state index is 0.0251. The number of ether oxygens (including phenoxy) is 1. The third-order valence-electron chi connectivity index (χ3n) is 3.14. The molecule has 0 radical (unpaired) electrons. The van der Waals surface area contributed by atoms with E-state index in [0.717, 1.165) is 31.7 Å². The molecule has 2 rings (SSSR count). The first kappa shape index (κ1) is 12.6. The molecule has 0 aliphatic carbocycles. The molecule has 1 atom stereocenters. The summed E-state index contributed by atoms with van der Waals surface area (Å²) in [6, 6.07) is 5.49. The van der Waals surface area contributed by atoms with Crippen molar-refractivity contribution in [1.82, 2.24) is 4.98 Å². The van der Waals surface area contributed by atoms with Crippen LogP contribution in [-0.2, 0) is 4.74 Å². The van der Waals surface area contributed by atoms with Gasteiger partial charge in [-0.2, -0.15) is 0 Å². The summed E-state index contributed by atoms with van der Waals surface area (Å²) in [5.41, 5.74) is 6.02. The van der Waals surface area contributed by atoms with Gasteiger partial charge in [0.1, 0.15) is 11.5 Å². The topological polar surface area (TPSA) is 84.0 Å². The van der Waals surface area contributed by atoms with Gasteiger partial charge in [-0.05, 0) is 25.0 Å². The second-order valence-corrected chi connectivity index (χ2v) is 4.31. The lowest BCUT2D eigenvalue weighted by Gasteiger charge is -2.32. The van der Waals surface area contributed by atoms with Crippen LogP contribution in [0, 0.1) is 0 Å². The van der Waals surface area contributed by atoms with E-state index in [-0.39, 0.29) is 11.9 Å². The van der Waals surface area contributed by atoms with Crippen LogP contribution in [0.5, 0.6) is 0 Å². The molecule has 0 amide bonds. The van der Waals surface area contributed by atoms with Gasteiger partial charge in [0.2, 0.25) is 0 Å². The highest BCUT2D eigenvalue weighted by atomic mass is 16.5. The van der Waals surface area contributed by atoms with E-state index in [1.54, 1.807) is 13.2 Å². The van der Waals surface area contributed by atoms with E-state index in [9.17, 15) is 0 Å². The maximum Gasteiger partial charge on any atom is 0.188 e. The van der Waals surface area contributed by atoms with Crippen molar-refractivity contribution in [2.24, 2.45) is 10.9 Å². The van der Waals surface area contributed by atoms with E-state index in [0.29, 0.717) is 5.69 Å². The summed E-state index contributed by atoms with van der Waals surface area (Å²) in [5.74, 6) is 0.859. The SMILES string of the molecule is COC1CCCN(c2cccc(/C(N)=N/O)n2)C1. The fourth-order valence-electron chi connectivity index (χ4n) is 2.13. The molecule has 3 N–H and O–H groups in total. The number of piperidine rings is 1. The average Bonchev–Trinajstić information content (AvgIpc) is 2.46. The first-order chi connectivity index (χ1) is 8.74. The van der Waals surface area contributed by atoms with Crippen LogP contribution in [-0.4, -0.2) is 42.3 Å². The standard InChI is InChI=1S/C12H18N4O2/c1-18-9-4-3-7-16(8-9)11-6-2-5-10(14-11)12(13)15-17/h2,5-6,9,17H,3-4,7-8H2,1H3,(H2,13,15). The van der Waals surface area contributed by atoms with Gasteiger partial charge < -0.3 is 20.6 Å². The molecule has 1 aromatic heterocycles. The molecule has 0 saturated carbocycles. The largest absolute Gasteiger partial charge is 0.409 e. The molecule has 1 aromatic rings. The van der Waals surface area contributed by atoms with Crippen molar-refractivity contribution in [3.05, 3.63) is 23.9 Å². The van der Waals surface area contributed by atoms with Crippen molar-refractivity contribution in [1.29, 1.82) is 0 Å². The van der Waals surface area contributed by atoms with Gasteiger partial charge in [0, 0.05) is 20.2 Å². The van der Waals surface area contributed by atoms with Crippen molar-refractivity contribution < 1.29 is 9.94 Å². The van der Waals surface area contributed by atoms with Crippen molar-refractivity contribution in [2.45, 2.75) is 18.9 Å². The van der Waals surface area contributed by atoms with Gasteiger partial charge in [0.15, 0.2) is 5.84 Å². The van der Waals surface area contributed by atoms with Crippen molar-refractivity contribution >= 4 is 11.7 Å². The Bertz CT molecular complexity index is 436. The number of oxime groups is 1. The number of anilines is 1. The number of pyridine rings is 1. The Kier molecular flexibility index (Phi) is 3.99. The van der Waals surface area contributed by atoms with Crippen LogP contribution in [0.3, 0.4) is 0 Å². The Labute approximate surface area is 106 Å². The molecule has 1 unspecified atom stereocenters. The van der Waals surface area contributed by atoms with E-state index in [1.165, 1.54) is 0 Å². The molecular weight excluding hydrogens is 232 g/mol. The van der Waals surface area contributed by atoms with Crippen LogP contribution in [0.15, 0.2) is 23.4 Å². The molecule has 98 valence electrons. The molecule has 18 heavy (non-hydrogen) atoms. The third-order valence-corrected chi connectivity index (χ3v) is 3.14. The molecule has 0 bridgehead atoms. The molecule has 0 spiro atoms. The smallest absolute Gasteiger partial charge is 0.188 e. The van der Waals surface area contributed by atoms with Crippen LogP contribution in [0.1, 0.15) is 18.5 Å². The average molecular weight is 250 g/mol. The first-order valence-electron chi connectivity index (χ1n) is 5.97. The zero-order valence-corrected chi connectivity index (χ0v) is 10.4. The summed E-state index contributed by atoms with van der Waals surface area (Å²) in [4.78, 5) is 6.55. The highest BCUT2D eigenvalue weighted by Crippen LogP contribution is 2.19. The van der Waals surface area contributed by atoms with Gasteiger partial charge in [-0.1, -0.05) is 11.2 Å². The van der Waals surface area contributed by atoms with Gasteiger partial charge >= 0.3 is 0 Å². The molecule has 1 aliphatic rings.